The Labute approximate surface area is 131 Å². The number of para-hydroxylation sites is 1. The van der Waals surface area contributed by atoms with Gasteiger partial charge in [-0.3, -0.25) is 4.68 Å². The fourth-order valence-electron chi connectivity index (χ4n) is 2.74. The molecule has 0 bridgehead atoms. The highest BCUT2D eigenvalue weighted by Gasteiger charge is 2.26. The summed E-state index contributed by atoms with van der Waals surface area (Å²) >= 11 is 0. The molecule has 2 aromatic rings. The van der Waals surface area contributed by atoms with E-state index in [-0.39, 0.29) is 6.09 Å². The summed E-state index contributed by atoms with van der Waals surface area (Å²) in [5.41, 5.74) is 0.762. The highest BCUT2D eigenvalue weighted by Crippen LogP contribution is 2.17. The number of hydrogen-bond acceptors (Lipinski definition) is 3. The van der Waals surface area contributed by atoms with Crippen LogP contribution in [0.1, 0.15) is 20.8 Å². The van der Waals surface area contributed by atoms with E-state index >= 15 is 0 Å². The fourth-order valence-corrected chi connectivity index (χ4v) is 2.74. The van der Waals surface area contributed by atoms with Crippen molar-refractivity contribution in [1.82, 2.24) is 9.58 Å². The Bertz CT molecular complexity index is 664. The van der Waals surface area contributed by atoms with Crippen LogP contribution in [0.5, 0.6) is 0 Å². The lowest BCUT2D eigenvalue weighted by Gasteiger charge is -2.37. The topological polar surface area (TPSA) is 37.7 Å². The lowest BCUT2D eigenvalue weighted by molar-refractivity contribution is 0.0233. The molecule has 0 atom stereocenters. The Morgan fingerprint density at radius 3 is 2.41 bits per heavy atom. The average Bonchev–Trinajstić information content (AvgIpc) is 2.89. The van der Waals surface area contributed by atoms with Gasteiger partial charge in [-0.05, 0) is 32.9 Å². The molecule has 1 aliphatic rings. The quantitative estimate of drug-likeness (QED) is 0.813. The van der Waals surface area contributed by atoms with Gasteiger partial charge in [-0.25, -0.2) is 4.79 Å². The summed E-state index contributed by atoms with van der Waals surface area (Å²) in [7, 11) is 0. The van der Waals surface area contributed by atoms with Crippen LogP contribution >= 0.6 is 0 Å². The zero-order chi connectivity index (χ0) is 15.7. The molecule has 1 saturated heterocycles. The standard InChI is InChI=1S/C17H23N3O2/c1-17(2,3)22-16(21)18-10-12-19(13-11-18)20-9-8-14-6-4-5-7-15(14)20/h4-9H,10-13H2,1-3H3. The molecule has 1 fully saturated rings. The van der Waals surface area contributed by atoms with E-state index < -0.39 is 5.60 Å². The number of benzene rings is 1. The molecule has 3 rings (SSSR count). The van der Waals surface area contributed by atoms with Crippen molar-refractivity contribution in [3.8, 4) is 0 Å². The third-order valence-electron chi connectivity index (χ3n) is 3.79. The minimum atomic E-state index is -0.440. The molecule has 0 spiro atoms. The number of hydrogen-bond donors (Lipinski definition) is 0. The van der Waals surface area contributed by atoms with Gasteiger partial charge in [-0.2, -0.15) is 0 Å². The molecule has 22 heavy (non-hydrogen) atoms. The Morgan fingerprint density at radius 1 is 1.05 bits per heavy atom. The predicted octanol–water partition coefficient (Wildman–Crippen LogP) is 2.83. The summed E-state index contributed by atoms with van der Waals surface area (Å²) < 4.78 is 7.62. The molecular formula is C17H23N3O2. The third-order valence-corrected chi connectivity index (χ3v) is 3.79. The van der Waals surface area contributed by atoms with Crippen molar-refractivity contribution >= 4 is 17.0 Å². The largest absolute Gasteiger partial charge is 0.444 e. The van der Waals surface area contributed by atoms with Gasteiger partial charge in [0.15, 0.2) is 0 Å². The Balaban J connectivity index is 1.66. The van der Waals surface area contributed by atoms with E-state index in [0.29, 0.717) is 13.1 Å². The number of rotatable bonds is 1. The van der Waals surface area contributed by atoms with Gasteiger partial charge >= 0.3 is 6.09 Å². The molecule has 0 aliphatic carbocycles. The number of nitrogens with zero attached hydrogens (tertiary/aromatic N) is 3. The van der Waals surface area contributed by atoms with Gasteiger partial charge in [0.05, 0.1) is 18.6 Å². The molecule has 0 radical (unpaired) electrons. The lowest BCUT2D eigenvalue weighted by atomic mass is 10.2. The minimum Gasteiger partial charge on any atom is -0.444 e. The van der Waals surface area contributed by atoms with E-state index in [4.69, 9.17) is 4.74 Å². The maximum Gasteiger partial charge on any atom is 0.410 e. The predicted molar refractivity (Wildman–Crippen MR) is 87.7 cm³/mol. The van der Waals surface area contributed by atoms with Gasteiger partial charge in [-0.1, -0.05) is 18.2 Å². The van der Waals surface area contributed by atoms with Crippen LogP contribution in [0.15, 0.2) is 36.5 Å². The van der Waals surface area contributed by atoms with Crippen LogP contribution in [0.3, 0.4) is 0 Å². The van der Waals surface area contributed by atoms with E-state index in [2.05, 4.69) is 40.1 Å². The first-order valence-electron chi connectivity index (χ1n) is 7.73. The molecule has 2 heterocycles. The van der Waals surface area contributed by atoms with Gasteiger partial charge in [0, 0.05) is 24.7 Å². The maximum atomic E-state index is 12.1. The monoisotopic (exact) mass is 301 g/mol. The number of carbonyl (C=O) groups is 1. The molecular weight excluding hydrogens is 278 g/mol. The summed E-state index contributed by atoms with van der Waals surface area (Å²) in [6.07, 6.45) is 1.87. The number of amides is 1. The van der Waals surface area contributed by atoms with E-state index in [1.54, 1.807) is 4.90 Å². The first kappa shape index (κ1) is 14.8. The summed E-state index contributed by atoms with van der Waals surface area (Å²) in [4.78, 5) is 13.9. The highest BCUT2D eigenvalue weighted by molar-refractivity contribution is 5.80. The van der Waals surface area contributed by atoms with Crippen molar-refractivity contribution in [2.75, 3.05) is 31.2 Å². The van der Waals surface area contributed by atoms with E-state index in [0.717, 1.165) is 13.1 Å². The molecule has 0 saturated carbocycles. The van der Waals surface area contributed by atoms with Crippen molar-refractivity contribution in [1.29, 1.82) is 0 Å². The Morgan fingerprint density at radius 2 is 1.73 bits per heavy atom. The van der Waals surface area contributed by atoms with Gasteiger partial charge in [0.25, 0.3) is 0 Å². The molecule has 5 nitrogen and oxygen atoms in total. The van der Waals surface area contributed by atoms with Crippen LogP contribution in [0, 0.1) is 0 Å². The molecule has 0 N–H and O–H groups in total. The van der Waals surface area contributed by atoms with Crippen LogP contribution in [-0.4, -0.2) is 47.4 Å². The normalized spacial score (nSPS) is 16.1. The number of piperazine rings is 1. The maximum absolute atomic E-state index is 12.1. The number of aromatic nitrogens is 1. The molecule has 0 unspecified atom stereocenters. The zero-order valence-corrected chi connectivity index (χ0v) is 13.5. The number of ether oxygens (including phenoxy) is 1. The molecule has 5 heteroatoms. The summed E-state index contributed by atoms with van der Waals surface area (Å²) in [6.45, 7) is 8.66. The second-order valence-electron chi connectivity index (χ2n) is 6.64. The Hall–Kier alpha value is -2.17. The van der Waals surface area contributed by atoms with Crippen molar-refractivity contribution in [2.24, 2.45) is 0 Å². The van der Waals surface area contributed by atoms with Gasteiger partial charge < -0.3 is 14.6 Å². The lowest BCUT2D eigenvalue weighted by Crippen LogP contribution is -2.53. The van der Waals surface area contributed by atoms with E-state index in [1.807, 2.05) is 26.8 Å². The van der Waals surface area contributed by atoms with Crippen LogP contribution in [0.25, 0.3) is 10.9 Å². The number of fused-ring (bicyclic) bond motifs is 1. The smallest absolute Gasteiger partial charge is 0.410 e. The van der Waals surface area contributed by atoms with Gasteiger partial charge in [0.1, 0.15) is 5.60 Å². The fraction of sp³-hybridized carbons (Fsp3) is 0.471. The zero-order valence-electron chi connectivity index (χ0n) is 13.5. The van der Waals surface area contributed by atoms with Crippen LogP contribution < -0.4 is 5.01 Å². The number of carbonyl (C=O) groups excluding carboxylic acids is 1. The van der Waals surface area contributed by atoms with Crippen LogP contribution in [0.2, 0.25) is 0 Å². The van der Waals surface area contributed by atoms with Gasteiger partial charge in [-0.15, -0.1) is 0 Å². The van der Waals surface area contributed by atoms with Crippen LogP contribution in [0.4, 0.5) is 4.79 Å². The van der Waals surface area contributed by atoms with Crippen molar-refractivity contribution in [3.63, 3.8) is 0 Å². The summed E-state index contributed by atoms with van der Waals surface area (Å²) in [5, 5.41) is 3.50. The highest BCUT2D eigenvalue weighted by atomic mass is 16.6. The summed E-state index contributed by atoms with van der Waals surface area (Å²) in [6, 6.07) is 10.5. The molecule has 1 amide bonds. The van der Waals surface area contributed by atoms with Gasteiger partial charge in [0.2, 0.25) is 0 Å². The SMILES string of the molecule is CC(C)(C)OC(=O)N1CCN(n2ccc3ccccc32)CC1. The third kappa shape index (κ3) is 3.03. The first-order valence-corrected chi connectivity index (χ1v) is 7.73. The van der Waals surface area contributed by atoms with Crippen LogP contribution in [-0.2, 0) is 4.74 Å². The molecule has 118 valence electrons. The van der Waals surface area contributed by atoms with Crippen molar-refractivity contribution in [2.45, 2.75) is 26.4 Å². The second kappa shape index (κ2) is 5.55. The van der Waals surface area contributed by atoms with E-state index in [1.165, 1.54) is 10.9 Å². The van der Waals surface area contributed by atoms with E-state index in [9.17, 15) is 4.79 Å². The van der Waals surface area contributed by atoms with Crippen molar-refractivity contribution in [3.05, 3.63) is 36.5 Å². The minimum absolute atomic E-state index is 0.218. The average molecular weight is 301 g/mol. The molecule has 1 aromatic heterocycles. The second-order valence-corrected chi connectivity index (χ2v) is 6.64. The first-order chi connectivity index (χ1) is 10.4. The molecule has 1 aliphatic heterocycles. The summed E-state index contributed by atoms with van der Waals surface area (Å²) in [5.74, 6) is 0. The van der Waals surface area contributed by atoms with Crippen molar-refractivity contribution < 1.29 is 9.53 Å². The Kier molecular flexibility index (Phi) is 3.72. The molecule has 1 aromatic carbocycles.